The molecule has 2 fully saturated rings. The van der Waals surface area contributed by atoms with Crippen LogP contribution in [0.25, 0.3) is 23.3 Å². The Morgan fingerprint density at radius 3 is 1.31 bits per heavy atom. The number of aromatic nitrogens is 2. The predicted octanol–water partition coefficient (Wildman–Crippen LogP) is 5.18. The van der Waals surface area contributed by atoms with Crippen molar-refractivity contribution in [3.05, 3.63) is 119 Å². The highest BCUT2D eigenvalue weighted by atomic mass is 33.1. The molecular weight excluding hydrogens is 713 g/mol. The van der Waals surface area contributed by atoms with Crippen LogP contribution >= 0.6 is 21.6 Å². The zero-order valence-electron chi connectivity index (χ0n) is 30.8. The van der Waals surface area contributed by atoms with E-state index in [1.54, 1.807) is 0 Å². The van der Waals surface area contributed by atoms with Crippen LogP contribution in [0.5, 0.6) is 0 Å². The van der Waals surface area contributed by atoms with Crippen LogP contribution in [0.4, 0.5) is 11.4 Å². The molecule has 8 nitrogen and oxygen atoms in total. The first-order valence-corrected chi connectivity index (χ1v) is 22.0. The van der Waals surface area contributed by atoms with Gasteiger partial charge >= 0.3 is 0 Å². The van der Waals surface area contributed by atoms with Gasteiger partial charge in [0.05, 0.1) is 35.9 Å². The SMILES string of the molecule is OC1CN(c2ccc(/C=C3\CCCc4c[n+](CCSSCC[n+]5ccc6c(c5)CCC/C6=C\c5ccc(N6CC(O)C(O)C6)cc5)ccc43)cc2)CC1O. The second-order valence-electron chi connectivity index (χ2n) is 15.2. The minimum Gasteiger partial charge on any atom is -0.389 e. The fraction of sp³-hybridized carbons (Fsp3) is 0.409. The highest BCUT2D eigenvalue weighted by Gasteiger charge is 2.30. The molecule has 0 spiro atoms. The summed E-state index contributed by atoms with van der Waals surface area (Å²) in [5.74, 6) is 2.14. The molecule has 2 aliphatic carbocycles. The number of hydrogen-bond donors (Lipinski definition) is 4. The first-order valence-electron chi connectivity index (χ1n) is 19.5. The second kappa shape index (κ2) is 17.0. The van der Waals surface area contributed by atoms with Gasteiger partial charge in [0, 0.05) is 60.8 Å². The van der Waals surface area contributed by atoms with E-state index in [2.05, 4.69) is 107 Å². The van der Waals surface area contributed by atoms with Crippen LogP contribution in [0.3, 0.4) is 0 Å². The lowest BCUT2D eigenvalue weighted by molar-refractivity contribution is -0.693. The number of anilines is 2. The lowest BCUT2D eigenvalue weighted by atomic mass is 9.87. The van der Waals surface area contributed by atoms with Crippen LogP contribution < -0.4 is 18.9 Å². The number of fused-ring (bicyclic) bond motifs is 2. The van der Waals surface area contributed by atoms with Crippen molar-refractivity contribution in [2.45, 2.75) is 76.0 Å². The number of aliphatic hydroxyl groups excluding tert-OH is 4. The van der Waals surface area contributed by atoms with E-state index < -0.39 is 24.4 Å². The van der Waals surface area contributed by atoms with Gasteiger partial charge < -0.3 is 30.2 Å². The topological polar surface area (TPSA) is 95.2 Å². The average molecular weight is 765 g/mol. The molecule has 0 saturated carbocycles. The monoisotopic (exact) mass is 764 g/mol. The summed E-state index contributed by atoms with van der Waals surface area (Å²) in [6.45, 7) is 3.89. The summed E-state index contributed by atoms with van der Waals surface area (Å²) in [5, 5.41) is 39.7. The molecule has 0 radical (unpaired) electrons. The predicted molar refractivity (Wildman–Crippen MR) is 221 cm³/mol. The third kappa shape index (κ3) is 8.75. The van der Waals surface area contributed by atoms with E-state index in [0.717, 1.165) is 61.7 Å². The Morgan fingerprint density at radius 1 is 0.537 bits per heavy atom. The van der Waals surface area contributed by atoms with Crippen LogP contribution in [-0.4, -0.2) is 82.5 Å². The van der Waals surface area contributed by atoms with Crippen LogP contribution in [0.2, 0.25) is 0 Å². The number of rotatable bonds is 11. The van der Waals surface area contributed by atoms with Gasteiger partial charge in [-0.1, -0.05) is 58.0 Å². The highest BCUT2D eigenvalue weighted by Crippen LogP contribution is 2.34. The maximum Gasteiger partial charge on any atom is 0.172 e. The van der Waals surface area contributed by atoms with Gasteiger partial charge in [0.15, 0.2) is 37.9 Å². The zero-order valence-corrected chi connectivity index (χ0v) is 32.5. The molecular formula is C44H52N4O4S2+2. The molecule has 2 aromatic carbocycles. The van der Waals surface area contributed by atoms with Crippen molar-refractivity contribution in [1.82, 2.24) is 0 Å². The molecule has 2 aliphatic heterocycles. The van der Waals surface area contributed by atoms with Crippen LogP contribution in [0, 0.1) is 0 Å². The molecule has 4 N–H and O–H groups in total. The van der Waals surface area contributed by atoms with Crippen molar-refractivity contribution in [2.75, 3.05) is 47.5 Å². The summed E-state index contributed by atoms with van der Waals surface area (Å²) in [4.78, 5) is 4.08. The Morgan fingerprint density at radius 2 is 0.926 bits per heavy atom. The largest absolute Gasteiger partial charge is 0.389 e. The molecule has 2 aromatic heterocycles. The maximum absolute atomic E-state index is 9.92. The Bertz CT molecular complexity index is 1820. The number of aryl methyl sites for hydroxylation is 4. The molecule has 8 rings (SSSR count). The summed E-state index contributed by atoms with van der Waals surface area (Å²) < 4.78 is 4.70. The number of allylic oxidation sites excluding steroid dienone is 2. The van der Waals surface area contributed by atoms with Crippen molar-refractivity contribution in [2.24, 2.45) is 0 Å². The molecule has 4 unspecified atom stereocenters. The fourth-order valence-corrected chi connectivity index (χ4v) is 10.3. The second-order valence-corrected chi connectivity index (χ2v) is 17.9. The standard InChI is InChI=1S/C44H52N4O4S2/c49-41-27-47(28-42(41)50)37-11-7-31(8-12-37)23-33-3-1-5-35-25-45(17-15-39(33)35)19-21-53-54-22-20-46-18-16-40-34(4-2-6-36(40)26-46)24-32-9-13-38(14-10-32)48-29-43(51)44(52)30-48/h7-18,23-26,41-44,49-52H,1-6,19-22,27-30H2/q+2. The molecule has 0 amide bonds. The van der Waals surface area contributed by atoms with E-state index >= 15 is 0 Å². The van der Waals surface area contributed by atoms with Crippen molar-refractivity contribution < 1.29 is 29.6 Å². The minimum absolute atomic E-state index is 0.473. The van der Waals surface area contributed by atoms with E-state index in [1.807, 2.05) is 31.4 Å². The molecule has 4 aromatic rings. The first kappa shape index (κ1) is 37.3. The number of pyridine rings is 2. The first-order chi connectivity index (χ1) is 26.4. The Balaban J connectivity index is 0.797. The van der Waals surface area contributed by atoms with Gasteiger partial charge in [-0.2, -0.15) is 0 Å². The van der Waals surface area contributed by atoms with Crippen molar-refractivity contribution in [3.63, 3.8) is 0 Å². The van der Waals surface area contributed by atoms with Crippen molar-refractivity contribution in [1.29, 1.82) is 0 Å². The number of aliphatic hydroxyl groups is 4. The molecule has 54 heavy (non-hydrogen) atoms. The molecule has 0 bridgehead atoms. The summed E-state index contributed by atoms with van der Waals surface area (Å²) in [6.07, 6.45) is 17.9. The lowest BCUT2D eigenvalue weighted by Crippen LogP contribution is -2.36. The Kier molecular flexibility index (Phi) is 11.8. The van der Waals surface area contributed by atoms with Gasteiger partial charge in [0.25, 0.3) is 0 Å². The quantitative estimate of drug-likeness (QED) is 0.0945. The summed E-state index contributed by atoms with van der Waals surface area (Å²) in [7, 11) is 3.92. The van der Waals surface area contributed by atoms with E-state index in [4.69, 9.17) is 0 Å². The minimum atomic E-state index is -0.678. The zero-order chi connectivity index (χ0) is 37.0. The van der Waals surface area contributed by atoms with Crippen LogP contribution in [0.15, 0.2) is 85.5 Å². The third-order valence-electron chi connectivity index (χ3n) is 11.3. The molecule has 282 valence electrons. The van der Waals surface area contributed by atoms with Crippen LogP contribution in [0.1, 0.15) is 59.1 Å². The van der Waals surface area contributed by atoms with Crippen molar-refractivity contribution in [3.8, 4) is 0 Å². The number of nitrogens with zero attached hydrogens (tertiary/aromatic N) is 4. The normalized spacial score (nSPS) is 24.0. The number of hydrogen-bond acceptors (Lipinski definition) is 8. The van der Waals surface area contributed by atoms with Gasteiger partial charge in [-0.3, -0.25) is 0 Å². The van der Waals surface area contributed by atoms with Gasteiger partial charge in [-0.25, -0.2) is 9.13 Å². The summed E-state index contributed by atoms with van der Waals surface area (Å²) in [6, 6.07) is 21.5. The third-order valence-corrected chi connectivity index (χ3v) is 13.7. The number of benzene rings is 2. The summed E-state index contributed by atoms with van der Waals surface area (Å²) in [5.41, 5.74) is 12.9. The summed E-state index contributed by atoms with van der Waals surface area (Å²) >= 11 is 0. The molecule has 10 heteroatoms. The van der Waals surface area contributed by atoms with Crippen molar-refractivity contribution >= 4 is 56.3 Å². The van der Waals surface area contributed by atoms with E-state index in [0.29, 0.717) is 26.2 Å². The number of β-amino-alcohol motifs (C(OH)–C–C–N with tert-alkyl or cyclic N) is 4. The molecule has 4 atom stereocenters. The Labute approximate surface area is 326 Å². The average Bonchev–Trinajstić information content (AvgIpc) is 3.71. The van der Waals surface area contributed by atoms with E-state index in [9.17, 15) is 20.4 Å². The highest BCUT2D eigenvalue weighted by molar-refractivity contribution is 8.76. The smallest absolute Gasteiger partial charge is 0.172 e. The van der Waals surface area contributed by atoms with Gasteiger partial charge in [-0.15, -0.1) is 0 Å². The van der Waals surface area contributed by atoms with Gasteiger partial charge in [0.2, 0.25) is 0 Å². The Hall–Kier alpha value is -3.64. The molecule has 2 saturated heterocycles. The van der Waals surface area contributed by atoms with Gasteiger partial charge in [0.1, 0.15) is 0 Å². The fourth-order valence-electron chi connectivity index (χ4n) is 8.32. The van der Waals surface area contributed by atoms with Crippen LogP contribution in [-0.2, 0) is 25.9 Å². The van der Waals surface area contributed by atoms with E-state index in [-0.39, 0.29) is 0 Å². The molecule has 4 aliphatic rings. The van der Waals surface area contributed by atoms with Gasteiger partial charge in [-0.05, 0) is 96.2 Å². The maximum atomic E-state index is 9.92. The van der Waals surface area contributed by atoms with E-state index in [1.165, 1.54) is 57.4 Å². The lowest BCUT2D eigenvalue weighted by Gasteiger charge is -2.19. The molecule has 4 heterocycles.